The van der Waals surface area contributed by atoms with Crippen LogP contribution in [-0.4, -0.2) is 10.8 Å². The minimum atomic E-state index is -0.633. The molecule has 0 heterocycles. The van der Waals surface area contributed by atoms with Crippen LogP contribution in [0.25, 0.3) is 0 Å². The normalized spacial score (nSPS) is 10.1. The third-order valence-corrected chi connectivity index (χ3v) is 3.23. The Hall–Kier alpha value is -2.11. The topological polar surface area (TPSA) is 63.4 Å². The molecular weight excluding hydrogens is 303 g/mol. The average molecular weight is 311 g/mol. The third kappa shape index (κ3) is 2.89. The molecule has 102 valence electrons. The molecule has 0 saturated carbocycles. The van der Waals surface area contributed by atoms with E-state index in [0.29, 0.717) is 5.69 Å². The van der Waals surface area contributed by atoms with E-state index in [1.165, 1.54) is 12.1 Å². The maximum atomic E-state index is 12.2. The van der Waals surface area contributed by atoms with Crippen LogP contribution < -0.4 is 4.42 Å². The standard InChI is InChI=1S/C13H8Cl2N2O3/c14-12-7-6-10(17(19)20)8-11(12)13(18)16(15)9-4-2-1-3-5-9/h1-8H. The van der Waals surface area contributed by atoms with E-state index in [4.69, 9.17) is 23.4 Å². The zero-order chi connectivity index (χ0) is 14.7. The Bertz CT molecular complexity index is 662. The van der Waals surface area contributed by atoms with Crippen molar-refractivity contribution in [2.45, 2.75) is 0 Å². The minimum Gasteiger partial charge on any atom is -0.267 e. The van der Waals surface area contributed by atoms with Crippen molar-refractivity contribution in [3.8, 4) is 0 Å². The van der Waals surface area contributed by atoms with Crippen molar-refractivity contribution in [2.24, 2.45) is 0 Å². The largest absolute Gasteiger partial charge is 0.274 e. The molecule has 5 nitrogen and oxygen atoms in total. The fourth-order valence-electron chi connectivity index (χ4n) is 1.57. The number of nitro benzene ring substituents is 1. The Morgan fingerprint density at radius 3 is 2.40 bits per heavy atom. The number of anilines is 1. The van der Waals surface area contributed by atoms with E-state index >= 15 is 0 Å². The molecule has 0 saturated heterocycles. The zero-order valence-corrected chi connectivity index (χ0v) is 11.5. The number of halogens is 2. The zero-order valence-electron chi connectivity index (χ0n) is 9.99. The Kier molecular flexibility index (Phi) is 4.22. The first-order valence-electron chi connectivity index (χ1n) is 5.50. The van der Waals surface area contributed by atoms with Crippen LogP contribution in [-0.2, 0) is 0 Å². The molecule has 20 heavy (non-hydrogen) atoms. The summed E-state index contributed by atoms with van der Waals surface area (Å²) in [6.07, 6.45) is 0. The number of hydrogen-bond acceptors (Lipinski definition) is 3. The van der Waals surface area contributed by atoms with Crippen LogP contribution in [0.4, 0.5) is 11.4 Å². The lowest BCUT2D eigenvalue weighted by Crippen LogP contribution is -2.21. The molecule has 2 aromatic rings. The van der Waals surface area contributed by atoms with E-state index in [1.54, 1.807) is 30.3 Å². The number of amides is 1. The molecule has 1 amide bonds. The van der Waals surface area contributed by atoms with E-state index in [2.05, 4.69) is 0 Å². The molecule has 7 heteroatoms. The lowest BCUT2D eigenvalue weighted by atomic mass is 10.2. The number of para-hydroxylation sites is 1. The van der Waals surface area contributed by atoms with Crippen LogP contribution in [0.1, 0.15) is 10.4 Å². The van der Waals surface area contributed by atoms with Gasteiger partial charge in [0, 0.05) is 23.9 Å². The number of non-ortho nitro benzene ring substituents is 1. The molecule has 2 rings (SSSR count). The van der Waals surface area contributed by atoms with Gasteiger partial charge in [0.05, 0.1) is 21.2 Å². The quantitative estimate of drug-likeness (QED) is 0.488. The van der Waals surface area contributed by atoms with Crippen molar-refractivity contribution in [1.82, 2.24) is 0 Å². The third-order valence-electron chi connectivity index (χ3n) is 2.55. The number of hydrogen-bond donors (Lipinski definition) is 0. The number of carbonyl (C=O) groups excluding carboxylic acids is 1. The summed E-state index contributed by atoms with van der Waals surface area (Å²) >= 11 is 11.8. The van der Waals surface area contributed by atoms with Gasteiger partial charge in [-0.15, -0.1) is 0 Å². The van der Waals surface area contributed by atoms with Gasteiger partial charge in [0.15, 0.2) is 0 Å². The van der Waals surface area contributed by atoms with Gasteiger partial charge < -0.3 is 0 Å². The van der Waals surface area contributed by atoms with E-state index in [0.717, 1.165) is 10.5 Å². The van der Waals surface area contributed by atoms with Gasteiger partial charge >= 0.3 is 0 Å². The summed E-state index contributed by atoms with van der Waals surface area (Å²) in [5.74, 6) is -0.633. The van der Waals surface area contributed by atoms with Gasteiger partial charge in [0.25, 0.3) is 11.6 Å². The van der Waals surface area contributed by atoms with Crippen LogP contribution in [0.2, 0.25) is 5.02 Å². The predicted molar refractivity (Wildman–Crippen MR) is 77.2 cm³/mol. The monoisotopic (exact) mass is 310 g/mol. The fraction of sp³-hybridized carbons (Fsp3) is 0. The highest BCUT2D eigenvalue weighted by Crippen LogP contribution is 2.26. The lowest BCUT2D eigenvalue weighted by Gasteiger charge is -2.14. The Morgan fingerprint density at radius 2 is 1.80 bits per heavy atom. The Labute approximate surface area is 124 Å². The Balaban J connectivity index is 2.38. The van der Waals surface area contributed by atoms with Gasteiger partial charge in [0.1, 0.15) is 0 Å². The molecule has 0 aliphatic heterocycles. The molecule has 0 spiro atoms. The van der Waals surface area contributed by atoms with Gasteiger partial charge in [-0.1, -0.05) is 29.8 Å². The summed E-state index contributed by atoms with van der Waals surface area (Å²) in [5.41, 5.74) is 0.192. The summed E-state index contributed by atoms with van der Waals surface area (Å²) < 4.78 is 0.866. The van der Waals surface area contributed by atoms with Crippen molar-refractivity contribution in [3.05, 3.63) is 69.2 Å². The summed E-state index contributed by atoms with van der Waals surface area (Å²) in [5, 5.41) is 10.8. The van der Waals surface area contributed by atoms with Crippen molar-refractivity contribution in [2.75, 3.05) is 4.42 Å². The first kappa shape index (κ1) is 14.3. The maximum absolute atomic E-state index is 12.2. The molecular formula is C13H8Cl2N2O3. The second-order valence-electron chi connectivity index (χ2n) is 3.84. The van der Waals surface area contributed by atoms with Gasteiger partial charge in [-0.2, -0.15) is 0 Å². The summed E-state index contributed by atoms with van der Waals surface area (Å²) in [7, 11) is 0. The van der Waals surface area contributed by atoms with Crippen LogP contribution in [0.15, 0.2) is 48.5 Å². The second kappa shape index (κ2) is 5.90. The minimum absolute atomic E-state index is 0.0280. The van der Waals surface area contributed by atoms with Crippen LogP contribution >= 0.6 is 23.4 Å². The van der Waals surface area contributed by atoms with E-state index < -0.39 is 10.8 Å². The number of carbonyl (C=O) groups is 1. The van der Waals surface area contributed by atoms with E-state index in [1.807, 2.05) is 0 Å². The van der Waals surface area contributed by atoms with Crippen molar-refractivity contribution < 1.29 is 9.72 Å². The number of nitro groups is 1. The van der Waals surface area contributed by atoms with Gasteiger partial charge in [-0.05, 0) is 18.2 Å². The molecule has 0 N–H and O–H groups in total. The van der Waals surface area contributed by atoms with Crippen molar-refractivity contribution >= 4 is 40.7 Å². The van der Waals surface area contributed by atoms with Crippen LogP contribution in [0.3, 0.4) is 0 Å². The van der Waals surface area contributed by atoms with Gasteiger partial charge in [-0.25, -0.2) is 4.42 Å². The number of rotatable bonds is 3. The molecule has 0 aliphatic rings. The smallest absolute Gasteiger partial charge is 0.267 e. The highest BCUT2D eigenvalue weighted by Gasteiger charge is 2.21. The maximum Gasteiger partial charge on any atom is 0.274 e. The Morgan fingerprint density at radius 1 is 1.15 bits per heavy atom. The van der Waals surface area contributed by atoms with E-state index in [9.17, 15) is 14.9 Å². The second-order valence-corrected chi connectivity index (χ2v) is 4.59. The first-order chi connectivity index (χ1) is 9.50. The molecule has 0 bridgehead atoms. The van der Waals surface area contributed by atoms with Crippen LogP contribution in [0, 0.1) is 10.1 Å². The SMILES string of the molecule is O=C(c1cc([N+](=O)[O-])ccc1Cl)N(Cl)c1ccccc1. The molecule has 0 radical (unpaired) electrons. The lowest BCUT2D eigenvalue weighted by molar-refractivity contribution is -0.384. The molecule has 0 fully saturated rings. The van der Waals surface area contributed by atoms with Crippen molar-refractivity contribution in [1.29, 1.82) is 0 Å². The highest BCUT2D eigenvalue weighted by molar-refractivity contribution is 6.42. The molecule has 0 aliphatic carbocycles. The first-order valence-corrected chi connectivity index (χ1v) is 6.21. The summed E-state index contributed by atoms with van der Waals surface area (Å²) in [4.78, 5) is 22.4. The fourth-order valence-corrected chi connectivity index (χ4v) is 1.97. The molecule has 0 aromatic heterocycles. The van der Waals surface area contributed by atoms with Gasteiger partial charge in [-0.3, -0.25) is 14.9 Å². The molecule has 0 atom stereocenters. The van der Waals surface area contributed by atoms with Crippen molar-refractivity contribution in [3.63, 3.8) is 0 Å². The molecule has 2 aromatic carbocycles. The molecule has 0 unspecified atom stereocenters. The summed E-state index contributed by atoms with van der Waals surface area (Å²) in [6.45, 7) is 0. The van der Waals surface area contributed by atoms with E-state index in [-0.39, 0.29) is 16.3 Å². The van der Waals surface area contributed by atoms with Gasteiger partial charge in [0.2, 0.25) is 0 Å². The van der Waals surface area contributed by atoms with Crippen LogP contribution in [0.5, 0.6) is 0 Å². The summed E-state index contributed by atoms with van der Waals surface area (Å²) in [6, 6.07) is 12.1. The average Bonchev–Trinajstić information content (AvgIpc) is 2.47. The predicted octanol–water partition coefficient (Wildman–Crippen LogP) is 4.05. The highest BCUT2D eigenvalue weighted by atomic mass is 35.5. The number of nitrogens with zero attached hydrogens (tertiary/aromatic N) is 2. The number of benzene rings is 2.